The maximum absolute atomic E-state index is 8.63. The van der Waals surface area contributed by atoms with E-state index in [-0.39, 0.29) is 5.84 Å². The zero-order valence-corrected chi connectivity index (χ0v) is 9.58. The largest absolute Gasteiger partial charge is 0.409 e. The number of nitrogens with zero attached hydrogens (tertiary/aromatic N) is 4. The molecule has 1 aromatic heterocycles. The Kier molecular flexibility index (Phi) is 3.38. The average molecular weight is 237 g/mol. The van der Waals surface area contributed by atoms with E-state index in [1.165, 1.54) is 0 Å². The lowest BCUT2D eigenvalue weighted by molar-refractivity contribution is 0.0803. The highest BCUT2D eigenvalue weighted by molar-refractivity contribution is 5.85. The van der Waals surface area contributed by atoms with Crippen LogP contribution < -0.4 is 10.6 Å². The highest BCUT2D eigenvalue weighted by Crippen LogP contribution is 2.17. The van der Waals surface area contributed by atoms with Gasteiger partial charge in [0.05, 0.1) is 18.8 Å². The summed E-state index contributed by atoms with van der Waals surface area (Å²) in [6, 6.07) is 0. The molecule has 0 radical (unpaired) electrons. The Morgan fingerprint density at radius 3 is 3.06 bits per heavy atom. The smallest absolute Gasteiger partial charge is 0.170 e. The van der Waals surface area contributed by atoms with Crippen molar-refractivity contribution in [2.75, 3.05) is 24.6 Å². The summed E-state index contributed by atoms with van der Waals surface area (Å²) >= 11 is 0. The number of amidine groups is 1. The summed E-state index contributed by atoms with van der Waals surface area (Å²) in [7, 11) is 0. The second-order valence-corrected chi connectivity index (χ2v) is 3.80. The minimum Gasteiger partial charge on any atom is -0.409 e. The average Bonchev–Trinajstić information content (AvgIpc) is 2.38. The van der Waals surface area contributed by atoms with Crippen LogP contribution in [0.2, 0.25) is 0 Å². The third kappa shape index (κ3) is 2.44. The van der Waals surface area contributed by atoms with Crippen molar-refractivity contribution in [1.29, 1.82) is 0 Å². The standard InChI is InChI=1S/C10H15N5O2/c1-7-10(13-3-2-12-7)15-4-5-17-8(6-15)9(11)14-16/h2-3,8,16H,4-6H2,1H3,(H2,11,14). The van der Waals surface area contributed by atoms with Gasteiger partial charge in [0.15, 0.2) is 5.84 Å². The molecule has 1 aliphatic rings. The van der Waals surface area contributed by atoms with Crippen LogP contribution in [-0.4, -0.2) is 46.8 Å². The number of morpholine rings is 1. The lowest BCUT2D eigenvalue weighted by atomic mass is 10.2. The molecule has 7 heteroatoms. The molecule has 0 bridgehead atoms. The Morgan fingerprint density at radius 1 is 1.59 bits per heavy atom. The Balaban J connectivity index is 2.15. The molecule has 2 rings (SSSR count). The van der Waals surface area contributed by atoms with Crippen LogP contribution in [-0.2, 0) is 4.74 Å². The molecule has 1 fully saturated rings. The van der Waals surface area contributed by atoms with Crippen LogP contribution in [0.4, 0.5) is 5.82 Å². The van der Waals surface area contributed by atoms with E-state index in [2.05, 4.69) is 15.1 Å². The van der Waals surface area contributed by atoms with E-state index in [0.29, 0.717) is 13.2 Å². The molecular weight excluding hydrogens is 222 g/mol. The molecule has 7 nitrogen and oxygen atoms in total. The third-order valence-electron chi connectivity index (χ3n) is 2.67. The highest BCUT2D eigenvalue weighted by atomic mass is 16.5. The van der Waals surface area contributed by atoms with Gasteiger partial charge in [0.1, 0.15) is 11.9 Å². The maximum atomic E-state index is 8.63. The van der Waals surface area contributed by atoms with Gasteiger partial charge in [0, 0.05) is 18.9 Å². The lowest BCUT2D eigenvalue weighted by Gasteiger charge is -2.33. The van der Waals surface area contributed by atoms with Crippen LogP contribution in [0.25, 0.3) is 0 Å². The number of aromatic nitrogens is 2. The van der Waals surface area contributed by atoms with Gasteiger partial charge in [0.2, 0.25) is 0 Å². The third-order valence-corrected chi connectivity index (χ3v) is 2.67. The summed E-state index contributed by atoms with van der Waals surface area (Å²) in [6.07, 6.45) is 2.89. The second-order valence-electron chi connectivity index (χ2n) is 3.80. The van der Waals surface area contributed by atoms with E-state index in [0.717, 1.165) is 18.1 Å². The molecule has 17 heavy (non-hydrogen) atoms. The monoisotopic (exact) mass is 237 g/mol. The fourth-order valence-electron chi connectivity index (χ4n) is 1.80. The number of anilines is 1. The first-order valence-electron chi connectivity index (χ1n) is 5.34. The van der Waals surface area contributed by atoms with Crippen molar-refractivity contribution in [3.05, 3.63) is 18.1 Å². The van der Waals surface area contributed by atoms with Crippen LogP contribution >= 0.6 is 0 Å². The topological polar surface area (TPSA) is 96.9 Å². The Bertz CT molecular complexity index is 423. The molecule has 0 aromatic carbocycles. The number of hydrogen-bond acceptors (Lipinski definition) is 6. The summed E-state index contributed by atoms with van der Waals surface area (Å²) in [6.45, 7) is 3.64. The second kappa shape index (κ2) is 4.96. The van der Waals surface area contributed by atoms with Gasteiger partial charge in [-0.2, -0.15) is 0 Å². The summed E-state index contributed by atoms with van der Waals surface area (Å²) in [5.41, 5.74) is 6.39. The minimum absolute atomic E-state index is 0.0799. The van der Waals surface area contributed by atoms with E-state index in [4.69, 9.17) is 15.7 Å². The summed E-state index contributed by atoms with van der Waals surface area (Å²) < 4.78 is 5.42. The molecule has 1 unspecified atom stereocenters. The van der Waals surface area contributed by atoms with Crippen LogP contribution in [0, 0.1) is 6.92 Å². The quantitative estimate of drug-likeness (QED) is 0.318. The zero-order valence-electron chi connectivity index (χ0n) is 9.58. The van der Waals surface area contributed by atoms with E-state index in [1.54, 1.807) is 12.4 Å². The first-order valence-corrected chi connectivity index (χ1v) is 5.34. The fourth-order valence-corrected chi connectivity index (χ4v) is 1.80. The van der Waals surface area contributed by atoms with E-state index in [1.807, 2.05) is 11.8 Å². The molecule has 1 atom stereocenters. The molecule has 0 saturated carbocycles. The Morgan fingerprint density at radius 2 is 2.35 bits per heavy atom. The van der Waals surface area contributed by atoms with Crippen molar-refractivity contribution >= 4 is 11.7 Å². The molecule has 0 amide bonds. The lowest BCUT2D eigenvalue weighted by Crippen LogP contribution is -2.49. The number of oxime groups is 1. The van der Waals surface area contributed by atoms with Crippen molar-refractivity contribution in [2.45, 2.75) is 13.0 Å². The van der Waals surface area contributed by atoms with Gasteiger partial charge in [0.25, 0.3) is 0 Å². The molecular formula is C10H15N5O2. The van der Waals surface area contributed by atoms with Gasteiger partial charge < -0.3 is 20.6 Å². The summed E-state index contributed by atoms with van der Waals surface area (Å²) in [5, 5.41) is 11.6. The molecule has 92 valence electrons. The first-order chi connectivity index (χ1) is 8.22. The molecule has 0 spiro atoms. The van der Waals surface area contributed by atoms with Crippen molar-refractivity contribution in [2.24, 2.45) is 10.9 Å². The van der Waals surface area contributed by atoms with Gasteiger partial charge in [-0.25, -0.2) is 4.98 Å². The van der Waals surface area contributed by atoms with Crippen LogP contribution in [0.1, 0.15) is 5.69 Å². The summed E-state index contributed by atoms with van der Waals surface area (Å²) in [5.74, 6) is 0.891. The highest BCUT2D eigenvalue weighted by Gasteiger charge is 2.25. The van der Waals surface area contributed by atoms with Crippen LogP contribution in [0.15, 0.2) is 17.5 Å². The molecule has 2 heterocycles. The van der Waals surface area contributed by atoms with Gasteiger partial charge >= 0.3 is 0 Å². The molecule has 1 saturated heterocycles. The van der Waals surface area contributed by atoms with E-state index < -0.39 is 6.10 Å². The fraction of sp³-hybridized carbons (Fsp3) is 0.500. The first kappa shape index (κ1) is 11.6. The molecule has 1 aliphatic heterocycles. The number of ether oxygens (including phenoxy) is 1. The minimum atomic E-state index is -0.407. The van der Waals surface area contributed by atoms with E-state index in [9.17, 15) is 0 Å². The molecule has 3 N–H and O–H groups in total. The SMILES string of the molecule is Cc1nccnc1N1CCOC(C(N)=NO)C1. The van der Waals surface area contributed by atoms with Gasteiger partial charge in [-0.3, -0.25) is 4.98 Å². The number of rotatable bonds is 2. The van der Waals surface area contributed by atoms with Gasteiger partial charge in [-0.1, -0.05) is 5.16 Å². The Hall–Kier alpha value is -1.89. The van der Waals surface area contributed by atoms with Gasteiger partial charge in [-0.05, 0) is 6.92 Å². The van der Waals surface area contributed by atoms with E-state index >= 15 is 0 Å². The van der Waals surface area contributed by atoms with Crippen LogP contribution in [0.5, 0.6) is 0 Å². The van der Waals surface area contributed by atoms with Crippen LogP contribution in [0.3, 0.4) is 0 Å². The number of aryl methyl sites for hydroxylation is 1. The van der Waals surface area contributed by atoms with Crippen molar-refractivity contribution in [3.63, 3.8) is 0 Å². The predicted octanol–water partition coefficient (Wildman–Crippen LogP) is -0.263. The van der Waals surface area contributed by atoms with Crippen molar-refractivity contribution in [1.82, 2.24) is 9.97 Å². The number of hydrogen-bond donors (Lipinski definition) is 2. The molecule has 1 aromatic rings. The summed E-state index contributed by atoms with van der Waals surface area (Å²) in [4.78, 5) is 10.5. The zero-order chi connectivity index (χ0) is 12.3. The predicted molar refractivity (Wildman–Crippen MR) is 62.1 cm³/mol. The number of nitrogens with two attached hydrogens (primary N) is 1. The van der Waals surface area contributed by atoms with Gasteiger partial charge in [-0.15, -0.1) is 0 Å². The normalized spacial score (nSPS) is 21.6. The maximum Gasteiger partial charge on any atom is 0.170 e. The Labute approximate surface area is 98.9 Å². The van der Waals surface area contributed by atoms with Crippen molar-refractivity contribution in [3.8, 4) is 0 Å². The van der Waals surface area contributed by atoms with Crippen molar-refractivity contribution < 1.29 is 9.94 Å². The molecule has 0 aliphatic carbocycles.